The maximum Gasteiger partial charge on any atom is 0.268 e. The van der Waals surface area contributed by atoms with Crippen molar-refractivity contribution < 1.29 is 14.3 Å². The molecular weight excluding hydrogens is 244 g/mol. The number of rotatable bonds is 3. The molecule has 1 unspecified atom stereocenters. The maximum atomic E-state index is 12.1. The standard InChI is InChI=1S/C14H18N2O3/c1-9(2)15-13(17)8-16-11-6-4-5-7-12(11)19-10(3)14(16)18/h4-7,9-10H,8H2,1-3H3,(H,15,17). The average Bonchev–Trinajstić information content (AvgIpc) is 2.34. The van der Waals surface area contributed by atoms with Crippen LogP contribution < -0.4 is 15.0 Å². The molecule has 0 saturated carbocycles. The summed E-state index contributed by atoms with van der Waals surface area (Å²) in [6.45, 7) is 5.47. The van der Waals surface area contributed by atoms with Gasteiger partial charge in [-0.25, -0.2) is 0 Å². The number of anilines is 1. The zero-order valence-corrected chi connectivity index (χ0v) is 11.3. The molecule has 2 amide bonds. The summed E-state index contributed by atoms with van der Waals surface area (Å²) in [6.07, 6.45) is -0.568. The largest absolute Gasteiger partial charge is 0.479 e. The lowest BCUT2D eigenvalue weighted by molar-refractivity contribution is -0.128. The first kappa shape index (κ1) is 13.4. The van der Waals surface area contributed by atoms with Crippen LogP contribution in [0.15, 0.2) is 24.3 Å². The maximum absolute atomic E-state index is 12.1. The number of hydrogen-bond donors (Lipinski definition) is 1. The fourth-order valence-corrected chi connectivity index (χ4v) is 2.03. The summed E-state index contributed by atoms with van der Waals surface area (Å²) < 4.78 is 5.51. The third-order valence-electron chi connectivity index (χ3n) is 2.82. The molecule has 102 valence electrons. The third kappa shape index (κ3) is 2.86. The number of para-hydroxylation sites is 2. The van der Waals surface area contributed by atoms with E-state index >= 15 is 0 Å². The number of carbonyl (C=O) groups is 2. The number of hydrogen-bond acceptors (Lipinski definition) is 3. The molecule has 1 aliphatic rings. The summed E-state index contributed by atoms with van der Waals surface area (Å²) >= 11 is 0. The highest BCUT2D eigenvalue weighted by atomic mass is 16.5. The fraction of sp³-hybridized carbons (Fsp3) is 0.429. The Bertz CT molecular complexity index is 499. The van der Waals surface area contributed by atoms with E-state index in [1.807, 2.05) is 26.0 Å². The van der Waals surface area contributed by atoms with Crippen LogP contribution in [-0.4, -0.2) is 30.5 Å². The zero-order chi connectivity index (χ0) is 14.0. The van der Waals surface area contributed by atoms with E-state index in [4.69, 9.17) is 4.74 Å². The molecule has 1 N–H and O–H groups in total. The van der Waals surface area contributed by atoms with Gasteiger partial charge in [-0.15, -0.1) is 0 Å². The van der Waals surface area contributed by atoms with E-state index in [9.17, 15) is 9.59 Å². The molecule has 5 nitrogen and oxygen atoms in total. The first-order chi connectivity index (χ1) is 8.99. The molecule has 5 heteroatoms. The van der Waals surface area contributed by atoms with Crippen molar-refractivity contribution in [2.75, 3.05) is 11.4 Å². The van der Waals surface area contributed by atoms with Gasteiger partial charge >= 0.3 is 0 Å². The summed E-state index contributed by atoms with van der Waals surface area (Å²) in [5.41, 5.74) is 0.643. The fourth-order valence-electron chi connectivity index (χ4n) is 2.03. The zero-order valence-electron chi connectivity index (χ0n) is 11.3. The lowest BCUT2D eigenvalue weighted by Crippen LogP contribution is -2.49. The lowest BCUT2D eigenvalue weighted by atomic mass is 10.2. The van der Waals surface area contributed by atoms with Crippen LogP contribution in [0.3, 0.4) is 0 Å². The van der Waals surface area contributed by atoms with Gasteiger partial charge in [0.1, 0.15) is 12.3 Å². The molecule has 1 aromatic rings. The van der Waals surface area contributed by atoms with E-state index in [0.717, 1.165) is 0 Å². The molecule has 1 heterocycles. The van der Waals surface area contributed by atoms with Gasteiger partial charge < -0.3 is 10.1 Å². The second-order valence-corrected chi connectivity index (χ2v) is 4.87. The minimum atomic E-state index is -0.568. The number of carbonyl (C=O) groups excluding carboxylic acids is 2. The van der Waals surface area contributed by atoms with Crippen molar-refractivity contribution in [2.45, 2.75) is 32.9 Å². The molecule has 0 radical (unpaired) electrons. The molecular formula is C14H18N2O3. The molecule has 2 rings (SSSR count). The summed E-state index contributed by atoms with van der Waals surface area (Å²) in [7, 11) is 0. The molecule has 0 fully saturated rings. The van der Waals surface area contributed by atoms with Gasteiger partial charge in [0, 0.05) is 6.04 Å². The van der Waals surface area contributed by atoms with Gasteiger partial charge in [-0.2, -0.15) is 0 Å². The van der Waals surface area contributed by atoms with Crippen LogP contribution in [0.1, 0.15) is 20.8 Å². The van der Waals surface area contributed by atoms with Crippen molar-refractivity contribution in [3.8, 4) is 5.75 Å². The van der Waals surface area contributed by atoms with E-state index in [1.54, 1.807) is 19.1 Å². The summed E-state index contributed by atoms with van der Waals surface area (Å²) in [6, 6.07) is 7.29. The quantitative estimate of drug-likeness (QED) is 0.894. The van der Waals surface area contributed by atoms with Crippen molar-refractivity contribution in [1.82, 2.24) is 5.32 Å². The average molecular weight is 262 g/mol. The topological polar surface area (TPSA) is 58.6 Å². The van der Waals surface area contributed by atoms with E-state index in [-0.39, 0.29) is 24.4 Å². The van der Waals surface area contributed by atoms with Gasteiger partial charge in [-0.3, -0.25) is 14.5 Å². The van der Waals surface area contributed by atoms with Crippen LogP contribution in [0.2, 0.25) is 0 Å². The van der Waals surface area contributed by atoms with E-state index in [2.05, 4.69) is 5.32 Å². The first-order valence-electron chi connectivity index (χ1n) is 6.35. The van der Waals surface area contributed by atoms with Crippen molar-refractivity contribution in [3.05, 3.63) is 24.3 Å². The predicted octanol–water partition coefficient (Wildman–Crippen LogP) is 1.33. The molecule has 0 spiro atoms. The van der Waals surface area contributed by atoms with Crippen molar-refractivity contribution in [1.29, 1.82) is 0 Å². The van der Waals surface area contributed by atoms with Crippen molar-refractivity contribution in [3.63, 3.8) is 0 Å². The number of benzene rings is 1. The summed E-state index contributed by atoms with van der Waals surface area (Å²) in [5, 5.41) is 2.78. The first-order valence-corrected chi connectivity index (χ1v) is 6.35. The molecule has 0 bridgehead atoms. The van der Waals surface area contributed by atoms with Crippen LogP contribution in [-0.2, 0) is 9.59 Å². The van der Waals surface area contributed by atoms with E-state index in [0.29, 0.717) is 11.4 Å². The summed E-state index contributed by atoms with van der Waals surface area (Å²) in [4.78, 5) is 25.4. The number of nitrogens with one attached hydrogen (secondary N) is 1. The third-order valence-corrected chi connectivity index (χ3v) is 2.82. The van der Waals surface area contributed by atoms with Crippen molar-refractivity contribution >= 4 is 17.5 Å². The Morgan fingerprint density at radius 1 is 1.42 bits per heavy atom. The Hall–Kier alpha value is -2.04. The number of amides is 2. The SMILES string of the molecule is CC(C)NC(=O)CN1C(=O)C(C)Oc2ccccc21. The smallest absolute Gasteiger partial charge is 0.268 e. The van der Waals surface area contributed by atoms with E-state index < -0.39 is 6.10 Å². The normalized spacial score (nSPS) is 18.0. The van der Waals surface area contributed by atoms with E-state index in [1.165, 1.54) is 4.90 Å². The van der Waals surface area contributed by atoms with Crippen LogP contribution in [0.25, 0.3) is 0 Å². The van der Waals surface area contributed by atoms with Crippen LogP contribution in [0, 0.1) is 0 Å². The number of nitrogens with zero attached hydrogens (tertiary/aromatic N) is 1. The van der Waals surface area contributed by atoms with Gasteiger partial charge in [-0.1, -0.05) is 12.1 Å². The highest BCUT2D eigenvalue weighted by Gasteiger charge is 2.32. The van der Waals surface area contributed by atoms with Crippen molar-refractivity contribution in [2.24, 2.45) is 0 Å². The Kier molecular flexibility index (Phi) is 3.74. The van der Waals surface area contributed by atoms with Crippen LogP contribution >= 0.6 is 0 Å². The predicted molar refractivity (Wildman–Crippen MR) is 72.2 cm³/mol. The summed E-state index contributed by atoms with van der Waals surface area (Å²) in [5.74, 6) is 0.261. The van der Waals surface area contributed by atoms with Gasteiger partial charge in [0.25, 0.3) is 5.91 Å². The second-order valence-electron chi connectivity index (χ2n) is 4.87. The number of ether oxygens (including phenoxy) is 1. The molecule has 0 aliphatic carbocycles. The molecule has 19 heavy (non-hydrogen) atoms. The highest BCUT2D eigenvalue weighted by molar-refractivity contribution is 6.03. The minimum absolute atomic E-state index is 0.0156. The lowest BCUT2D eigenvalue weighted by Gasteiger charge is -2.32. The van der Waals surface area contributed by atoms with Crippen LogP contribution in [0.5, 0.6) is 5.75 Å². The van der Waals surface area contributed by atoms with Gasteiger partial charge in [0.2, 0.25) is 5.91 Å². The monoisotopic (exact) mass is 262 g/mol. The number of fused-ring (bicyclic) bond motifs is 1. The molecule has 1 aliphatic heterocycles. The Morgan fingerprint density at radius 2 is 2.11 bits per heavy atom. The second kappa shape index (κ2) is 5.30. The molecule has 1 atom stereocenters. The molecule has 0 saturated heterocycles. The van der Waals surface area contributed by atoms with Crippen LogP contribution in [0.4, 0.5) is 5.69 Å². The molecule has 0 aromatic heterocycles. The van der Waals surface area contributed by atoms with Gasteiger partial charge in [-0.05, 0) is 32.9 Å². The molecule has 1 aromatic carbocycles. The van der Waals surface area contributed by atoms with Gasteiger partial charge in [0.15, 0.2) is 6.10 Å². The highest BCUT2D eigenvalue weighted by Crippen LogP contribution is 2.33. The minimum Gasteiger partial charge on any atom is -0.479 e. The Morgan fingerprint density at radius 3 is 2.79 bits per heavy atom. The Labute approximate surface area is 112 Å². The van der Waals surface area contributed by atoms with Gasteiger partial charge in [0.05, 0.1) is 5.69 Å². The Balaban J connectivity index is 2.23.